The fourth-order valence-corrected chi connectivity index (χ4v) is 1.71. The third kappa shape index (κ3) is 1.54. The Labute approximate surface area is 89.4 Å². The molecule has 1 aliphatic heterocycles. The highest BCUT2D eigenvalue weighted by atomic mass is 16.2. The van der Waals surface area contributed by atoms with Crippen molar-refractivity contribution >= 4 is 17.8 Å². The van der Waals surface area contributed by atoms with Crippen LogP contribution in [0, 0.1) is 0 Å². The molecule has 15 heavy (non-hydrogen) atoms. The lowest BCUT2D eigenvalue weighted by molar-refractivity contribution is -0.122. The largest absolute Gasteiger partial charge is 0.313 e. The van der Waals surface area contributed by atoms with Crippen molar-refractivity contribution in [3.8, 4) is 0 Å². The minimum absolute atomic E-state index is 0.0173. The second-order valence-corrected chi connectivity index (χ2v) is 4.24. The molecule has 2 rings (SSSR count). The molecule has 0 unspecified atom stereocenters. The molecule has 3 nitrogen and oxygen atoms in total. The van der Waals surface area contributed by atoms with Gasteiger partial charge in [-0.3, -0.25) is 9.79 Å². The number of benzene rings is 1. The zero-order chi connectivity index (χ0) is 11.1. The third-order valence-corrected chi connectivity index (χ3v) is 2.65. The van der Waals surface area contributed by atoms with E-state index in [4.69, 9.17) is 0 Å². The summed E-state index contributed by atoms with van der Waals surface area (Å²) in [4.78, 5) is 18.0. The number of carbonyl (C=O) groups is 1. The first-order valence-corrected chi connectivity index (χ1v) is 4.95. The van der Waals surface area contributed by atoms with Gasteiger partial charge in [0.2, 0.25) is 0 Å². The number of carbonyl (C=O) groups excluding carboxylic acids is 1. The van der Waals surface area contributed by atoms with Crippen LogP contribution in [-0.4, -0.2) is 24.7 Å². The molecular formula is C12H14N2O. The molecule has 78 valence electrons. The van der Waals surface area contributed by atoms with Crippen molar-refractivity contribution in [3.05, 3.63) is 29.8 Å². The smallest absolute Gasteiger partial charge is 0.254 e. The molecule has 0 radical (unpaired) electrons. The number of anilines is 1. The van der Waals surface area contributed by atoms with Crippen molar-refractivity contribution in [3.63, 3.8) is 0 Å². The summed E-state index contributed by atoms with van der Waals surface area (Å²) in [7, 11) is 1.79. The predicted molar refractivity (Wildman–Crippen MR) is 61.5 cm³/mol. The van der Waals surface area contributed by atoms with Crippen molar-refractivity contribution < 1.29 is 4.79 Å². The lowest BCUT2D eigenvalue weighted by atomic mass is 10.1. The molecule has 0 aliphatic carbocycles. The number of benzodiazepines with no additional fused rings is 1. The maximum atomic E-state index is 12.0. The molecule has 0 bridgehead atoms. The van der Waals surface area contributed by atoms with E-state index in [1.54, 1.807) is 18.2 Å². The van der Waals surface area contributed by atoms with Crippen LogP contribution in [-0.2, 0) is 4.79 Å². The highest BCUT2D eigenvalue weighted by Gasteiger charge is 2.32. The van der Waals surface area contributed by atoms with Gasteiger partial charge in [-0.15, -0.1) is 0 Å². The molecule has 1 heterocycles. The average molecular weight is 202 g/mol. The van der Waals surface area contributed by atoms with Crippen molar-refractivity contribution in [1.29, 1.82) is 0 Å². The molecule has 0 N–H and O–H groups in total. The van der Waals surface area contributed by atoms with Gasteiger partial charge in [-0.2, -0.15) is 0 Å². The van der Waals surface area contributed by atoms with Gasteiger partial charge in [0.25, 0.3) is 5.91 Å². The van der Waals surface area contributed by atoms with E-state index in [-0.39, 0.29) is 5.91 Å². The van der Waals surface area contributed by atoms with Gasteiger partial charge in [-0.05, 0) is 19.9 Å². The molecule has 0 saturated heterocycles. The van der Waals surface area contributed by atoms with E-state index in [9.17, 15) is 4.79 Å². The maximum absolute atomic E-state index is 12.0. The number of aliphatic imine (C=N–C) groups is 1. The summed E-state index contributed by atoms with van der Waals surface area (Å²) in [6, 6.07) is 7.76. The molecule has 0 saturated carbocycles. The summed E-state index contributed by atoms with van der Waals surface area (Å²) in [6.07, 6.45) is 1.77. The molecule has 0 atom stereocenters. The summed E-state index contributed by atoms with van der Waals surface area (Å²) < 4.78 is 0. The van der Waals surface area contributed by atoms with Crippen LogP contribution in [0.5, 0.6) is 0 Å². The molecule has 1 aliphatic rings. The average Bonchev–Trinajstić information content (AvgIpc) is 2.31. The van der Waals surface area contributed by atoms with Crippen LogP contribution in [0.4, 0.5) is 5.69 Å². The normalized spacial score (nSPS) is 18.6. The Hall–Kier alpha value is -1.64. The van der Waals surface area contributed by atoms with Crippen LogP contribution in [0.25, 0.3) is 0 Å². The lowest BCUT2D eigenvalue weighted by Crippen LogP contribution is -2.41. The first-order chi connectivity index (χ1) is 7.02. The zero-order valence-electron chi connectivity index (χ0n) is 9.19. The summed E-state index contributed by atoms with van der Waals surface area (Å²) in [5.74, 6) is 0.0173. The molecule has 1 aromatic rings. The van der Waals surface area contributed by atoms with Gasteiger partial charge in [0.1, 0.15) is 5.54 Å². The number of rotatable bonds is 0. The highest BCUT2D eigenvalue weighted by Crippen LogP contribution is 2.25. The molecule has 3 heteroatoms. The first kappa shape index (κ1) is 9.90. The van der Waals surface area contributed by atoms with Crippen LogP contribution >= 0.6 is 0 Å². The van der Waals surface area contributed by atoms with E-state index < -0.39 is 5.54 Å². The number of fused-ring (bicyclic) bond motifs is 1. The van der Waals surface area contributed by atoms with E-state index in [1.165, 1.54) is 0 Å². The number of likely N-dealkylation sites (N-methyl/N-ethyl adjacent to an activating group) is 1. The van der Waals surface area contributed by atoms with E-state index in [0.29, 0.717) is 0 Å². The topological polar surface area (TPSA) is 32.7 Å². The predicted octanol–water partition coefficient (Wildman–Crippen LogP) is 1.86. The van der Waals surface area contributed by atoms with Crippen molar-refractivity contribution in [1.82, 2.24) is 0 Å². The SMILES string of the molecule is CN1C(=O)C(C)(C)N=Cc2ccccc21. The summed E-state index contributed by atoms with van der Waals surface area (Å²) in [6.45, 7) is 3.66. The molecular weight excluding hydrogens is 188 g/mol. The number of amides is 1. The van der Waals surface area contributed by atoms with Crippen molar-refractivity contribution in [2.75, 3.05) is 11.9 Å². The van der Waals surface area contributed by atoms with E-state index in [2.05, 4.69) is 4.99 Å². The van der Waals surface area contributed by atoms with Gasteiger partial charge < -0.3 is 4.90 Å². The van der Waals surface area contributed by atoms with Crippen LogP contribution in [0.1, 0.15) is 19.4 Å². The minimum atomic E-state index is -0.673. The molecule has 1 aromatic carbocycles. The van der Waals surface area contributed by atoms with Gasteiger partial charge >= 0.3 is 0 Å². The van der Waals surface area contributed by atoms with Crippen molar-refractivity contribution in [2.45, 2.75) is 19.4 Å². The van der Waals surface area contributed by atoms with Crippen LogP contribution < -0.4 is 4.90 Å². The third-order valence-electron chi connectivity index (χ3n) is 2.65. The van der Waals surface area contributed by atoms with Crippen LogP contribution in [0.2, 0.25) is 0 Å². The molecule has 0 spiro atoms. The quantitative estimate of drug-likeness (QED) is 0.632. The molecule has 0 aromatic heterocycles. The summed E-state index contributed by atoms with van der Waals surface area (Å²) in [5.41, 5.74) is 1.23. The Morgan fingerprint density at radius 3 is 2.67 bits per heavy atom. The Morgan fingerprint density at radius 2 is 1.93 bits per heavy atom. The van der Waals surface area contributed by atoms with Gasteiger partial charge in [-0.1, -0.05) is 18.2 Å². The Balaban J connectivity index is 2.58. The second kappa shape index (κ2) is 3.19. The fourth-order valence-electron chi connectivity index (χ4n) is 1.71. The number of nitrogens with zero attached hydrogens (tertiary/aromatic N) is 2. The molecule has 0 fully saturated rings. The van der Waals surface area contributed by atoms with Gasteiger partial charge in [0.05, 0.1) is 5.69 Å². The standard InChI is InChI=1S/C12H14N2O/c1-12(2)11(15)14(3)10-7-5-4-6-9(10)8-13-12/h4-8H,1-3H3. The Kier molecular flexibility index (Phi) is 2.11. The fraction of sp³-hybridized carbons (Fsp3) is 0.333. The Morgan fingerprint density at radius 1 is 1.27 bits per heavy atom. The minimum Gasteiger partial charge on any atom is -0.313 e. The van der Waals surface area contributed by atoms with E-state index >= 15 is 0 Å². The number of hydrogen-bond acceptors (Lipinski definition) is 2. The zero-order valence-corrected chi connectivity index (χ0v) is 9.19. The maximum Gasteiger partial charge on any atom is 0.254 e. The van der Waals surface area contributed by atoms with E-state index in [0.717, 1.165) is 11.3 Å². The molecule has 1 amide bonds. The summed E-state index contributed by atoms with van der Waals surface area (Å²) >= 11 is 0. The second-order valence-electron chi connectivity index (χ2n) is 4.24. The Bertz CT molecular complexity index is 435. The summed E-state index contributed by atoms with van der Waals surface area (Å²) in [5, 5.41) is 0. The first-order valence-electron chi connectivity index (χ1n) is 4.95. The van der Waals surface area contributed by atoms with Gasteiger partial charge in [0, 0.05) is 18.8 Å². The van der Waals surface area contributed by atoms with Crippen molar-refractivity contribution in [2.24, 2.45) is 4.99 Å². The lowest BCUT2D eigenvalue weighted by Gasteiger charge is -2.24. The van der Waals surface area contributed by atoms with Crippen LogP contribution in [0.3, 0.4) is 0 Å². The number of para-hydroxylation sites is 1. The highest BCUT2D eigenvalue weighted by molar-refractivity contribution is 6.06. The van der Waals surface area contributed by atoms with Gasteiger partial charge in [0.15, 0.2) is 0 Å². The monoisotopic (exact) mass is 202 g/mol. The number of hydrogen-bond donors (Lipinski definition) is 0. The van der Waals surface area contributed by atoms with E-state index in [1.807, 2.05) is 38.1 Å². The van der Waals surface area contributed by atoms with Crippen LogP contribution in [0.15, 0.2) is 29.3 Å². The van der Waals surface area contributed by atoms with Gasteiger partial charge in [-0.25, -0.2) is 0 Å².